The number of rotatable bonds is 2. The molecule has 4 heteroatoms. The Hall–Kier alpha value is -0.570. The fourth-order valence-electron chi connectivity index (χ4n) is 3.44. The standard InChI is InChI=1S/C22H25O.2ClH.Hf/c1-14-10-15(2)12-17(11-14)20-18-9-7-8-16(18)13-19(21(20)23-6)22(3,4)5;;;/h7-13H,1-6H3;2*1H;/q;;;+2/p-2. The van der Waals surface area contributed by atoms with Crippen molar-refractivity contribution in [2.45, 2.75) is 40.0 Å². The SMILES string of the molecule is COc1c(C(C)(C)C)cc2c(c1-c1cc(C)cc(C)c1)C=C[CH]2.[Cl][Hf][Cl]. The Morgan fingerprint density at radius 2 is 1.54 bits per heavy atom. The normalized spacial score (nSPS) is 12.3. The summed E-state index contributed by atoms with van der Waals surface area (Å²) in [5, 5.41) is 0. The minimum absolute atomic E-state index is 0.0322. The van der Waals surface area contributed by atoms with Crippen molar-refractivity contribution in [1.29, 1.82) is 0 Å². The van der Waals surface area contributed by atoms with Crippen molar-refractivity contribution in [2.24, 2.45) is 0 Å². The molecule has 1 radical (unpaired) electrons. The Morgan fingerprint density at radius 1 is 0.962 bits per heavy atom. The monoisotopic (exact) mass is 555 g/mol. The second kappa shape index (κ2) is 9.08. The van der Waals surface area contributed by atoms with Gasteiger partial charge in [-0.05, 0) is 36.0 Å². The molecule has 0 spiro atoms. The first-order valence-corrected chi connectivity index (χ1v) is 17.4. The van der Waals surface area contributed by atoms with Gasteiger partial charge < -0.3 is 4.74 Å². The van der Waals surface area contributed by atoms with Gasteiger partial charge in [0.15, 0.2) is 0 Å². The molecule has 0 heterocycles. The minimum atomic E-state index is -0.972. The van der Waals surface area contributed by atoms with Crippen LogP contribution in [0.1, 0.15) is 48.6 Å². The number of hydrogen-bond donors (Lipinski definition) is 0. The van der Waals surface area contributed by atoms with Crippen LogP contribution in [0.5, 0.6) is 5.75 Å². The summed E-state index contributed by atoms with van der Waals surface area (Å²) in [7, 11) is 11.7. The van der Waals surface area contributed by atoms with Gasteiger partial charge in [0.05, 0.1) is 7.11 Å². The molecule has 0 bridgehead atoms. The van der Waals surface area contributed by atoms with Gasteiger partial charge in [0, 0.05) is 17.5 Å². The number of benzene rings is 2. The summed E-state index contributed by atoms with van der Waals surface area (Å²) in [6.45, 7) is 11.0. The number of methoxy groups -OCH3 is 1. The first-order chi connectivity index (χ1) is 12.2. The summed E-state index contributed by atoms with van der Waals surface area (Å²) < 4.78 is 5.91. The van der Waals surface area contributed by atoms with E-state index < -0.39 is 20.5 Å². The summed E-state index contributed by atoms with van der Waals surface area (Å²) in [5.74, 6) is 1.00. The van der Waals surface area contributed by atoms with Crippen LogP contribution in [0.3, 0.4) is 0 Å². The topological polar surface area (TPSA) is 9.23 Å². The van der Waals surface area contributed by atoms with Gasteiger partial charge in [-0.3, -0.25) is 0 Å². The molecule has 0 aromatic heterocycles. The summed E-state index contributed by atoms with van der Waals surface area (Å²) in [5.41, 5.74) is 8.85. The van der Waals surface area contributed by atoms with Gasteiger partial charge in [-0.1, -0.05) is 68.3 Å². The van der Waals surface area contributed by atoms with Gasteiger partial charge in [0.1, 0.15) is 5.75 Å². The second-order valence-electron chi connectivity index (χ2n) is 7.56. The first kappa shape index (κ1) is 21.7. The molecular formula is C22H25Cl2HfO. The Kier molecular flexibility index (Phi) is 7.59. The molecule has 0 N–H and O–H groups in total. The van der Waals surface area contributed by atoms with Crippen LogP contribution in [-0.2, 0) is 26.0 Å². The zero-order chi connectivity index (χ0) is 19.5. The molecule has 0 unspecified atom stereocenters. The van der Waals surface area contributed by atoms with Crippen molar-refractivity contribution in [2.75, 3.05) is 7.11 Å². The van der Waals surface area contributed by atoms with Gasteiger partial charge >= 0.3 is 37.7 Å². The van der Waals surface area contributed by atoms with E-state index in [1.54, 1.807) is 7.11 Å². The third-order valence-electron chi connectivity index (χ3n) is 4.41. The second-order valence-corrected chi connectivity index (χ2v) is 12.7. The van der Waals surface area contributed by atoms with Gasteiger partial charge in [0.25, 0.3) is 0 Å². The number of aryl methyl sites for hydroxylation is 2. The van der Waals surface area contributed by atoms with Gasteiger partial charge in [0.2, 0.25) is 0 Å². The van der Waals surface area contributed by atoms with E-state index in [2.05, 4.69) is 77.5 Å². The zero-order valence-corrected chi connectivity index (χ0v) is 21.3. The maximum atomic E-state index is 5.91. The third kappa shape index (κ3) is 4.82. The average molecular weight is 555 g/mol. The molecule has 0 amide bonds. The quantitative estimate of drug-likeness (QED) is 0.356. The Balaban J connectivity index is 0.000000758. The molecule has 2 aromatic rings. The summed E-state index contributed by atoms with van der Waals surface area (Å²) in [6.07, 6.45) is 6.51. The molecule has 1 aliphatic rings. The van der Waals surface area contributed by atoms with Crippen molar-refractivity contribution < 1.29 is 25.3 Å². The van der Waals surface area contributed by atoms with Crippen molar-refractivity contribution in [3.05, 3.63) is 64.6 Å². The van der Waals surface area contributed by atoms with Crippen LogP contribution in [0.25, 0.3) is 17.2 Å². The predicted molar refractivity (Wildman–Crippen MR) is 111 cm³/mol. The zero-order valence-electron chi connectivity index (χ0n) is 16.2. The maximum absolute atomic E-state index is 5.91. The molecule has 2 aromatic carbocycles. The molecule has 26 heavy (non-hydrogen) atoms. The van der Waals surface area contributed by atoms with Crippen LogP contribution in [0, 0.1) is 20.3 Å². The van der Waals surface area contributed by atoms with E-state index in [0.717, 1.165) is 5.75 Å². The van der Waals surface area contributed by atoms with Crippen LogP contribution in [-0.4, -0.2) is 7.11 Å². The van der Waals surface area contributed by atoms with Crippen molar-refractivity contribution in [3.63, 3.8) is 0 Å². The molecule has 0 atom stereocenters. The number of hydrogen-bond acceptors (Lipinski definition) is 1. The molecule has 0 saturated carbocycles. The van der Waals surface area contributed by atoms with Crippen LogP contribution in [0.4, 0.5) is 0 Å². The summed E-state index contributed by atoms with van der Waals surface area (Å²) in [6, 6.07) is 9.00. The molecule has 137 valence electrons. The first-order valence-electron chi connectivity index (χ1n) is 8.54. The Labute approximate surface area is 176 Å². The van der Waals surface area contributed by atoms with Crippen LogP contribution in [0.2, 0.25) is 0 Å². The van der Waals surface area contributed by atoms with E-state index in [1.165, 1.54) is 38.9 Å². The van der Waals surface area contributed by atoms with Gasteiger partial charge in [-0.15, -0.1) is 0 Å². The number of fused-ring (bicyclic) bond motifs is 1. The van der Waals surface area contributed by atoms with E-state index in [0.29, 0.717) is 0 Å². The number of halogens is 2. The average Bonchev–Trinajstić information content (AvgIpc) is 3.00. The molecule has 0 saturated heterocycles. The molecule has 0 fully saturated rings. The van der Waals surface area contributed by atoms with E-state index in [4.69, 9.17) is 21.9 Å². The van der Waals surface area contributed by atoms with Crippen molar-refractivity contribution in [3.8, 4) is 16.9 Å². The van der Waals surface area contributed by atoms with Crippen molar-refractivity contribution in [1.82, 2.24) is 0 Å². The fourth-order valence-corrected chi connectivity index (χ4v) is 3.44. The van der Waals surface area contributed by atoms with Gasteiger partial charge in [-0.2, -0.15) is 0 Å². The van der Waals surface area contributed by atoms with E-state index in [9.17, 15) is 0 Å². The molecule has 1 aliphatic carbocycles. The molecule has 0 aliphatic heterocycles. The summed E-state index contributed by atoms with van der Waals surface area (Å²) in [4.78, 5) is 0. The van der Waals surface area contributed by atoms with E-state index in [-0.39, 0.29) is 5.41 Å². The number of allylic oxidation sites excluding steroid dienone is 1. The van der Waals surface area contributed by atoms with Crippen LogP contribution < -0.4 is 4.74 Å². The van der Waals surface area contributed by atoms with Crippen LogP contribution in [0.15, 0.2) is 30.3 Å². The third-order valence-corrected chi connectivity index (χ3v) is 4.41. The summed E-state index contributed by atoms with van der Waals surface area (Å²) >= 11 is -0.972. The van der Waals surface area contributed by atoms with E-state index >= 15 is 0 Å². The van der Waals surface area contributed by atoms with E-state index in [1.807, 2.05) is 0 Å². The Bertz CT molecular complexity index is 800. The van der Waals surface area contributed by atoms with Crippen LogP contribution >= 0.6 is 17.2 Å². The van der Waals surface area contributed by atoms with Crippen molar-refractivity contribution >= 4 is 23.2 Å². The number of ether oxygens (including phenoxy) is 1. The molecule has 3 rings (SSSR count). The molecule has 1 nitrogen and oxygen atoms in total. The fraction of sp³-hybridized carbons (Fsp3) is 0.318. The molecular weight excluding hydrogens is 530 g/mol. The Morgan fingerprint density at radius 3 is 2.04 bits per heavy atom. The predicted octanol–water partition coefficient (Wildman–Crippen LogP) is 7.23. The van der Waals surface area contributed by atoms with Gasteiger partial charge in [-0.25, -0.2) is 0 Å².